The number of ether oxygens (including phenoxy) is 2. The molecule has 0 amide bonds. The smallest absolute Gasteiger partial charge is 0.164 e. The summed E-state index contributed by atoms with van der Waals surface area (Å²) in [6, 6.07) is 3.16. The van der Waals surface area contributed by atoms with E-state index < -0.39 is 0 Å². The van der Waals surface area contributed by atoms with Crippen LogP contribution >= 0.6 is 12.2 Å². The van der Waals surface area contributed by atoms with Crippen LogP contribution in [0.3, 0.4) is 0 Å². The lowest BCUT2D eigenvalue weighted by atomic mass is 9.97. The van der Waals surface area contributed by atoms with Gasteiger partial charge in [-0.2, -0.15) is 0 Å². The molecule has 0 fully saturated rings. The fourth-order valence-electron chi connectivity index (χ4n) is 2.17. The van der Waals surface area contributed by atoms with Gasteiger partial charge in [-0.3, -0.25) is 0 Å². The number of nitrogens with two attached hydrogens (primary N) is 1. The van der Waals surface area contributed by atoms with Crippen LogP contribution in [0, 0.1) is 11.7 Å². The molecule has 2 N–H and O–H groups in total. The number of thiocarbonyl (C=S) groups is 1. The second-order valence-corrected chi connectivity index (χ2v) is 6.09. The van der Waals surface area contributed by atoms with Gasteiger partial charge in [0.2, 0.25) is 0 Å². The van der Waals surface area contributed by atoms with E-state index in [2.05, 4.69) is 0 Å². The summed E-state index contributed by atoms with van der Waals surface area (Å²) in [5.74, 6) is 0.992. The molecule has 0 aliphatic heterocycles. The summed E-state index contributed by atoms with van der Waals surface area (Å²) in [6.45, 7) is 7.16. The van der Waals surface area contributed by atoms with E-state index in [4.69, 9.17) is 27.4 Å². The molecule has 0 spiro atoms. The van der Waals surface area contributed by atoms with Crippen molar-refractivity contribution in [2.45, 2.75) is 46.5 Å². The van der Waals surface area contributed by atoms with Crippen molar-refractivity contribution in [3.8, 4) is 11.5 Å². The largest absolute Gasteiger partial charge is 0.490 e. The summed E-state index contributed by atoms with van der Waals surface area (Å²) in [5.41, 5.74) is 6.16. The third-order valence-corrected chi connectivity index (χ3v) is 3.32. The fraction of sp³-hybridized carbons (Fsp3) is 0.588. The quantitative estimate of drug-likeness (QED) is 0.652. The first kappa shape index (κ1) is 18.7. The molecule has 0 aromatic heterocycles. The number of hydrogen-bond donors (Lipinski definition) is 1. The normalized spacial score (nSPS) is 12.0. The van der Waals surface area contributed by atoms with Gasteiger partial charge in [-0.25, -0.2) is 4.39 Å². The Kier molecular flexibility index (Phi) is 8.17. The summed E-state index contributed by atoms with van der Waals surface area (Å²) in [4.78, 5) is 0.457. The topological polar surface area (TPSA) is 44.5 Å². The molecule has 0 bridgehead atoms. The second-order valence-electron chi connectivity index (χ2n) is 5.57. The molecule has 1 rings (SSSR count). The molecule has 1 atom stereocenters. The zero-order valence-electron chi connectivity index (χ0n) is 13.7. The van der Waals surface area contributed by atoms with E-state index in [9.17, 15) is 4.39 Å². The Morgan fingerprint density at radius 1 is 1.18 bits per heavy atom. The highest BCUT2D eigenvalue weighted by Gasteiger charge is 2.15. The van der Waals surface area contributed by atoms with Gasteiger partial charge in [0.25, 0.3) is 0 Å². The van der Waals surface area contributed by atoms with Gasteiger partial charge < -0.3 is 15.2 Å². The Bertz CT molecular complexity index is 494. The first-order valence-electron chi connectivity index (χ1n) is 7.84. The Morgan fingerprint density at radius 2 is 1.73 bits per heavy atom. The van der Waals surface area contributed by atoms with Gasteiger partial charge in [0, 0.05) is 12.5 Å². The van der Waals surface area contributed by atoms with Gasteiger partial charge in [0.15, 0.2) is 11.5 Å². The second kappa shape index (κ2) is 9.62. The van der Waals surface area contributed by atoms with E-state index in [0.717, 1.165) is 12.8 Å². The minimum atomic E-state index is -0.273. The molecule has 1 aromatic carbocycles. The van der Waals surface area contributed by atoms with Crippen LogP contribution in [0.25, 0.3) is 0 Å². The molecule has 5 heteroatoms. The highest BCUT2D eigenvalue weighted by molar-refractivity contribution is 7.80. The number of rotatable bonds is 10. The van der Waals surface area contributed by atoms with E-state index in [1.165, 1.54) is 6.07 Å². The third-order valence-electron chi connectivity index (χ3n) is 3.15. The van der Waals surface area contributed by atoms with Crippen molar-refractivity contribution >= 4 is 17.2 Å². The van der Waals surface area contributed by atoms with Gasteiger partial charge in [-0.15, -0.1) is 0 Å². The number of benzene rings is 1. The summed E-state index contributed by atoms with van der Waals surface area (Å²) in [7, 11) is 0. The maximum atomic E-state index is 14.3. The van der Waals surface area contributed by atoms with Crippen LogP contribution in [-0.2, 0) is 6.42 Å². The summed E-state index contributed by atoms with van der Waals surface area (Å²) in [6.07, 6.45) is 2.92. The molecule has 0 radical (unpaired) electrons. The predicted molar refractivity (Wildman–Crippen MR) is 92.2 cm³/mol. The molecule has 0 saturated carbocycles. The molecule has 0 saturated heterocycles. The van der Waals surface area contributed by atoms with Crippen LogP contribution in [0.5, 0.6) is 11.5 Å². The standard InChI is InChI=1S/C17H26FNO2S/c1-4-6-20-15-10-13(8-12(3)9-17(19)22)14(18)11-16(15)21-7-5-2/h10-12H,4-9H2,1-3H3,(H2,19,22). The molecule has 22 heavy (non-hydrogen) atoms. The van der Waals surface area contributed by atoms with Crippen LogP contribution in [0.4, 0.5) is 4.39 Å². The molecular formula is C17H26FNO2S. The van der Waals surface area contributed by atoms with Crippen molar-refractivity contribution in [1.29, 1.82) is 0 Å². The SMILES string of the molecule is CCCOc1cc(F)c(CC(C)CC(N)=S)cc1OCCC. The molecular weight excluding hydrogens is 301 g/mol. The van der Waals surface area contributed by atoms with Crippen LogP contribution in [0.1, 0.15) is 45.6 Å². The number of hydrogen-bond acceptors (Lipinski definition) is 3. The summed E-state index contributed by atoms with van der Waals surface area (Å²) >= 11 is 4.91. The van der Waals surface area contributed by atoms with Gasteiger partial charge in [-0.05, 0) is 36.8 Å². The van der Waals surface area contributed by atoms with Crippen molar-refractivity contribution in [3.05, 3.63) is 23.5 Å². The monoisotopic (exact) mass is 327 g/mol. The Balaban J connectivity index is 2.94. The van der Waals surface area contributed by atoms with Gasteiger partial charge in [-0.1, -0.05) is 33.0 Å². The van der Waals surface area contributed by atoms with E-state index in [0.29, 0.717) is 48.1 Å². The van der Waals surface area contributed by atoms with Crippen LogP contribution in [-0.4, -0.2) is 18.2 Å². The van der Waals surface area contributed by atoms with Crippen molar-refractivity contribution in [3.63, 3.8) is 0 Å². The van der Waals surface area contributed by atoms with Crippen molar-refractivity contribution in [1.82, 2.24) is 0 Å². The van der Waals surface area contributed by atoms with Gasteiger partial charge in [0.05, 0.1) is 18.2 Å². The Hall–Kier alpha value is -1.36. The van der Waals surface area contributed by atoms with E-state index in [1.54, 1.807) is 6.07 Å². The highest BCUT2D eigenvalue weighted by Crippen LogP contribution is 2.32. The van der Waals surface area contributed by atoms with Crippen molar-refractivity contribution in [2.24, 2.45) is 11.7 Å². The van der Waals surface area contributed by atoms with Crippen LogP contribution in [0.15, 0.2) is 12.1 Å². The lowest BCUT2D eigenvalue weighted by Crippen LogP contribution is -2.14. The zero-order chi connectivity index (χ0) is 16.5. The van der Waals surface area contributed by atoms with E-state index >= 15 is 0 Å². The lowest BCUT2D eigenvalue weighted by molar-refractivity contribution is 0.266. The van der Waals surface area contributed by atoms with E-state index in [-0.39, 0.29) is 11.7 Å². The maximum Gasteiger partial charge on any atom is 0.164 e. The molecule has 1 aromatic rings. The maximum absolute atomic E-state index is 14.3. The third kappa shape index (κ3) is 6.18. The minimum absolute atomic E-state index is 0.188. The Labute approximate surface area is 138 Å². The fourth-order valence-corrected chi connectivity index (χ4v) is 2.46. The minimum Gasteiger partial charge on any atom is -0.490 e. The molecule has 0 aliphatic carbocycles. The molecule has 0 heterocycles. The Morgan fingerprint density at radius 3 is 2.23 bits per heavy atom. The summed E-state index contributed by atoms with van der Waals surface area (Å²) in [5, 5.41) is 0. The first-order valence-corrected chi connectivity index (χ1v) is 8.25. The highest BCUT2D eigenvalue weighted by atomic mass is 32.1. The average molecular weight is 327 g/mol. The van der Waals surface area contributed by atoms with Crippen molar-refractivity contribution in [2.75, 3.05) is 13.2 Å². The number of halogens is 1. The lowest BCUT2D eigenvalue weighted by Gasteiger charge is -2.16. The molecule has 124 valence electrons. The van der Waals surface area contributed by atoms with Gasteiger partial charge in [0.1, 0.15) is 5.82 Å². The first-order chi connectivity index (χ1) is 10.5. The predicted octanol–water partition coefficient (Wildman–Crippen LogP) is 4.26. The van der Waals surface area contributed by atoms with E-state index in [1.807, 2.05) is 20.8 Å². The van der Waals surface area contributed by atoms with Crippen molar-refractivity contribution < 1.29 is 13.9 Å². The average Bonchev–Trinajstić information content (AvgIpc) is 2.45. The zero-order valence-corrected chi connectivity index (χ0v) is 14.5. The van der Waals surface area contributed by atoms with Crippen LogP contribution in [0.2, 0.25) is 0 Å². The molecule has 0 aliphatic rings. The summed E-state index contributed by atoms with van der Waals surface area (Å²) < 4.78 is 25.6. The van der Waals surface area contributed by atoms with Gasteiger partial charge >= 0.3 is 0 Å². The van der Waals surface area contributed by atoms with Crippen LogP contribution < -0.4 is 15.2 Å². The molecule has 1 unspecified atom stereocenters. The molecule has 3 nitrogen and oxygen atoms in total.